The first kappa shape index (κ1) is 14.3. The third-order valence-corrected chi connectivity index (χ3v) is 2.46. The average molecular weight is 250 g/mol. The van der Waals surface area contributed by atoms with Crippen molar-refractivity contribution in [3.05, 3.63) is 18.2 Å². The Labute approximate surface area is 108 Å². The Morgan fingerprint density at radius 1 is 1.22 bits per heavy atom. The van der Waals surface area contributed by atoms with E-state index in [1.54, 1.807) is 0 Å². The van der Waals surface area contributed by atoms with Crippen LogP contribution >= 0.6 is 0 Å². The Balaban J connectivity index is 2.26. The van der Waals surface area contributed by atoms with Gasteiger partial charge in [-0.15, -0.1) is 0 Å². The van der Waals surface area contributed by atoms with E-state index in [-0.39, 0.29) is 5.91 Å². The summed E-state index contributed by atoms with van der Waals surface area (Å²) in [4.78, 5) is 15.0. The first-order chi connectivity index (χ1) is 8.72. The molecule has 0 radical (unpaired) electrons. The van der Waals surface area contributed by atoms with Crippen LogP contribution in [0.3, 0.4) is 0 Å². The van der Waals surface area contributed by atoms with E-state index in [0.717, 1.165) is 44.0 Å². The number of hydrogen-bond acceptors (Lipinski definition) is 4. The van der Waals surface area contributed by atoms with Gasteiger partial charge in [0.15, 0.2) is 0 Å². The lowest BCUT2D eigenvalue weighted by molar-refractivity contribution is -0.118. The van der Waals surface area contributed by atoms with Gasteiger partial charge in [-0.05, 0) is 31.4 Å². The monoisotopic (exact) mass is 250 g/mol. The zero-order valence-electron chi connectivity index (χ0n) is 10.9. The SMILES string of the molecule is CCCNc1cccc(NCCCCC(N)=O)n1. The van der Waals surface area contributed by atoms with Crippen LogP contribution in [0.1, 0.15) is 32.6 Å². The average Bonchev–Trinajstić information content (AvgIpc) is 2.36. The summed E-state index contributed by atoms with van der Waals surface area (Å²) in [5.41, 5.74) is 5.07. The molecule has 1 aromatic heterocycles. The van der Waals surface area contributed by atoms with Crippen LogP contribution in [0.15, 0.2) is 18.2 Å². The van der Waals surface area contributed by atoms with Crippen LogP contribution in [0.2, 0.25) is 0 Å². The summed E-state index contributed by atoms with van der Waals surface area (Å²) < 4.78 is 0. The summed E-state index contributed by atoms with van der Waals surface area (Å²) in [6.45, 7) is 3.85. The largest absolute Gasteiger partial charge is 0.370 e. The van der Waals surface area contributed by atoms with Crippen LogP contribution in [0.5, 0.6) is 0 Å². The van der Waals surface area contributed by atoms with E-state index in [9.17, 15) is 4.79 Å². The third-order valence-electron chi connectivity index (χ3n) is 2.46. The number of aromatic nitrogens is 1. The van der Waals surface area contributed by atoms with Crippen molar-refractivity contribution in [2.75, 3.05) is 23.7 Å². The van der Waals surface area contributed by atoms with Gasteiger partial charge in [0, 0.05) is 19.5 Å². The molecule has 0 aliphatic carbocycles. The molecule has 1 rings (SSSR count). The molecule has 0 spiro atoms. The molecule has 0 fully saturated rings. The van der Waals surface area contributed by atoms with Gasteiger partial charge in [0.1, 0.15) is 11.6 Å². The highest BCUT2D eigenvalue weighted by Gasteiger charge is 1.97. The first-order valence-electron chi connectivity index (χ1n) is 6.45. The standard InChI is InChI=1S/C13H22N4O/c1-2-9-15-12-7-5-8-13(17-12)16-10-4-3-6-11(14)18/h5,7-8H,2-4,6,9-10H2,1H3,(H2,14,18)(H2,15,16,17). The summed E-state index contributed by atoms with van der Waals surface area (Å²) in [5.74, 6) is 1.51. The maximum atomic E-state index is 10.6. The maximum Gasteiger partial charge on any atom is 0.217 e. The molecular weight excluding hydrogens is 228 g/mol. The van der Waals surface area contributed by atoms with Gasteiger partial charge in [-0.1, -0.05) is 13.0 Å². The number of nitrogens with one attached hydrogen (secondary N) is 2. The third kappa shape index (κ3) is 6.08. The molecule has 0 aliphatic heterocycles. The first-order valence-corrected chi connectivity index (χ1v) is 6.45. The topological polar surface area (TPSA) is 80.0 Å². The Kier molecular flexibility index (Phi) is 6.61. The van der Waals surface area contributed by atoms with Crippen LogP contribution in [0.25, 0.3) is 0 Å². The van der Waals surface area contributed by atoms with Crippen molar-refractivity contribution in [3.8, 4) is 0 Å². The molecule has 4 N–H and O–H groups in total. The normalized spacial score (nSPS) is 10.1. The molecule has 1 aromatic rings. The van der Waals surface area contributed by atoms with Crippen LogP contribution in [0, 0.1) is 0 Å². The molecule has 0 unspecified atom stereocenters. The molecule has 0 saturated heterocycles. The molecule has 5 heteroatoms. The fraction of sp³-hybridized carbons (Fsp3) is 0.538. The van der Waals surface area contributed by atoms with Gasteiger partial charge in [0.2, 0.25) is 5.91 Å². The number of carbonyl (C=O) groups excluding carboxylic acids is 1. The lowest BCUT2D eigenvalue weighted by atomic mass is 10.2. The minimum absolute atomic E-state index is 0.237. The second-order valence-corrected chi connectivity index (χ2v) is 4.19. The van der Waals surface area contributed by atoms with E-state index in [1.165, 1.54) is 0 Å². The van der Waals surface area contributed by atoms with Gasteiger partial charge in [0.25, 0.3) is 0 Å². The van der Waals surface area contributed by atoms with Crippen molar-refractivity contribution in [2.24, 2.45) is 5.73 Å². The van der Waals surface area contributed by atoms with E-state index >= 15 is 0 Å². The highest BCUT2D eigenvalue weighted by molar-refractivity contribution is 5.73. The van der Waals surface area contributed by atoms with Gasteiger partial charge in [0.05, 0.1) is 0 Å². The van der Waals surface area contributed by atoms with Crippen LogP contribution in [-0.4, -0.2) is 24.0 Å². The van der Waals surface area contributed by atoms with Gasteiger partial charge in [-0.2, -0.15) is 0 Å². The predicted molar refractivity (Wildman–Crippen MR) is 74.6 cm³/mol. The Morgan fingerprint density at radius 2 is 1.89 bits per heavy atom. The van der Waals surface area contributed by atoms with Crippen molar-refractivity contribution in [1.82, 2.24) is 4.98 Å². The molecular formula is C13H22N4O. The highest BCUT2D eigenvalue weighted by Crippen LogP contribution is 2.09. The predicted octanol–water partition coefficient (Wildman–Crippen LogP) is 1.97. The van der Waals surface area contributed by atoms with E-state index in [2.05, 4.69) is 22.5 Å². The highest BCUT2D eigenvalue weighted by atomic mass is 16.1. The maximum absolute atomic E-state index is 10.6. The second kappa shape index (κ2) is 8.33. The number of carbonyl (C=O) groups is 1. The Hall–Kier alpha value is -1.78. The molecule has 0 saturated carbocycles. The number of anilines is 2. The number of nitrogens with zero attached hydrogens (tertiary/aromatic N) is 1. The minimum Gasteiger partial charge on any atom is -0.370 e. The zero-order chi connectivity index (χ0) is 13.2. The van der Waals surface area contributed by atoms with Gasteiger partial charge >= 0.3 is 0 Å². The van der Waals surface area contributed by atoms with Crippen LogP contribution in [0.4, 0.5) is 11.6 Å². The van der Waals surface area contributed by atoms with Crippen molar-refractivity contribution in [2.45, 2.75) is 32.6 Å². The summed E-state index contributed by atoms with van der Waals surface area (Å²) in [6, 6.07) is 5.86. The number of primary amides is 1. The number of amides is 1. The molecule has 18 heavy (non-hydrogen) atoms. The number of unbranched alkanes of at least 4 members (excludes halogenated alkanes) is 1. The van der Waals surface area contributed by atoms with Crippen molar-refractivity contribution in [1.29, 1.82) is 0 Å². The van der Waals surface area contributed by atoms with Gasteiger partial charge in [-0.3, -0.25) is 4.79 Å². The lowest BCUT2D eigenvalue weighted by Gasteiger charge is -2.08. The summed E-state index contributed by atoms with van der Waals surface area (Å²) in [5, 5.41) is 6.47. The van der Waals surface area contributed by atoms with Gasteiger partial charge < -0.3 is 16.4 Å². The van der Waals surface area contributed by atoms with Crippen molar-refractivity contribution in [3.63, 3.8) is 0 Å². The number of pyridine rings is 1. The Morgan fingerprint density at radius 3 is 2.50 bits per heavy atom. The zero-order valence-corrected chi connectivity index (χ0v) is 10.9. The molecule has 5 nitrogen and oxygen atoms in total. The van der Waals surface area contributed by atoms with Crippen LogP contribution < -0.4 is 16.4 Å². The smallest absolute Gasteiger partial charge is 0.217 e. The molecule has 0 atom stereocenters. The molecule has 100 valence electrons. The molecule has 1 amide bonds. The second-order valence-electron chi connectivity index (χ2n) is 4.19. The summed E-state index contributed by atoms with van der Waals surface area (Å²) in [6.07, 6.45) is 3.26. The molecule has 0 bridgehead atoms. The van der Waals surface area contributed by atoms with E-state index in [0.29, 0.717) is 6.42 Å². The quantitative estimate of drug-likeness (QED) is 0.585. The minimum atomic E-state index is -0.237. The fourth-order valence-electron chi connectivity index (χ4n) is 1.53. The van der Waals surface area contributed by atoms with Crippen molar-refractivity contribution < 1.29 is 4.79 Å². The van der Waals surface area contributed by atoms with E-state index < -0.39 is 0 Å². The summed E-state index contributed by atoms with van der Waals surface area (Å²) in [7, 11) is 0. The van der Waals surface area contributed by atoms with Crippen molar-refractivity contribution >= 4 is 17.5 Å². The number of rotatable bonds is 9. The lowest BCUT2D eigenvalue weighted by Crippen LogP contribution is -2.11. The van der Waals surface area contributed by atoms with E-state index in [1.807, 2.05) is 18.2 Å². The Bertz CT molecular complexity index is 368. The number of hydrogen-bond donors (Lipinski definition) is 3. The number of nitrogens with two attached hydrogens (primary N) is 1. The summed E-state index contributed by atoms with van der Waals surface area (Å²) >= 11 is 0. The molecule has 0 aromatic carbocycles. The van der Waals surface area contributed by atoms with Crippen LogP contribution in [-0.2, 0) is 4.79 Å². The molecule has 1 heterocycles. The van der Waals surface area contributed by atoms with E-state index in [4.69, 9.17) is 5.73 Å². The van der Waals surface area contributed by atoms with Gasteiger partial charge in [-0.25, -0.2) is 4.98 Å². The fourth-order valence-corrected chi connectivity index (χ4v) is 1.53. The molecule has 0 aliphatic rings.